The number of carbonyl (C=O) groups is 1. The van der Waals surface area contributed by atoms with E-state index >= 15 is 0 Å². The van der Waals surface area contributed by atoms with Crippen molar-refractivity contribution in [1.82, 2.24) is 9.38 Å². The summed E-state index contributed by atoms with van der Waals surface area (Å²) in [6.07, 6.45) is 1.60. The molecule has 0 bridgehead atoms. The molecule has 0 aliphatic rings. The number of hydrogen-bond acceptors (Lipinski definition) is 4. The van der Waals surface area contributed by atoms with E-state index in [4.69, 9.17) is 4.74 Å². The highest BCUT2D eigenvalue weighted by Gasteiger charge is 2.19. The van der Waals surface area contributed by atoms with Gasteiger partial charge in [0.2, 0.25) is 5.75 Å². The van der Waals surface area contributed by atoms with E-state index in [1.54, 1.807) is 36.5 Å². The second-order valence-electron chi connectivity index (χ2n) is 6.15. The number of benzene rings is 2. The van der Waals surface area contributed by atoms with E-state index in [1.807, 2.05) is 49.4 Å². The third kappa shape index (κ3) is 3.22. The lowest BCUT2D eigenvalue weighted by molar-refractivity contribution is 0.0732. The van der Waals surface area contributed by atoms with Crippen molar-refractivity contribution in [3.63, 3.8) is 0 Å². The number of aryl methyl sites for hydroxylation is 1. The molecule has 5 heteroatoms. The Balaban J connectivity index is 1.87. The minimum absolute atomic E-state index is 0.0875. The maximum Gasteiger partial charge on any atom is 0.343 e. The SMILES string of the molecule is Cc1ccc(C(=O)Oc2c(-c3ccccc3)nc3ccccn3c2=O)cc1. The van der Waals surface area contributed by atoms with Gasteiger partial charge in [-0.2, -0.15) is 0 Å². The van der Waals surface area contributed by atoms with Crippen molar-refractivity contribution in [3.8, 4) is 17.0 Å². The first-order valence-electron chi connectivity index (χ1n) is 8.49. The van der Waals surface area contributed by atoms with Gasteiger partial charge in [-0.1, -0.05) is 54.1 Å². The van der Waals surface area contributed by atoms with E-state index in [2.05, 4.69) is 4.98 Å². The van der Waals surface area contributed by atoms with Crippen LogP contribution in [0, 0.1) is 6.92 Å². The van der Waals surface area contributed by atoms with Gasteiger partial charge in [-0.05, 0) is 31.2 Å². The highest BCUT2D eigenvalue weighted by atomic mass is 16.5. The van der Waals surface area contributed by atoms with Gasteiger partial charge in [0.25, 0.3) is 0 Å². The number of carbonyl (C=O) groups excluding carboxylic acids is 1. The van der Waals surface area contributed by atoms with Crippen LogP contribution in [0.15, 0.2) is 83.8 Å². The molecule has 0 radical (unpaired) electrons. The van der Waals surface area contributed by atoms with Gasteiger partial charge >= 0.3 is 11.5 Å². The van der Waals surface area contributed by atoms with Crippen molar-refractivity contribution in [1.29, 1.82) is 0 Å². The maximum absolute atomic E-state index is 13.0. The molecule has 0 aliphatic carbocycles. The van der Waals surface area contributed by atoms with Crippen molar-refractivity contribution >= 4 is 11.6 Å². The van der Waals surface area contributed by atoms with Crippen LogP contribution in [0.4, 0.5) is 0 Å². The van der Waals surface area contributed by atoms with Crippen LogP contribution in [0.5, 0.6) is 5.75 Å². The van der Waals surface area contributed by atoms with Crippen LogP contribution in [0.3, 0.4) is 0 Å². The quantitative estimate of drug-likeness (QED) is 0.523. The first-order chi connectivity index (χ1) is 13.1. The first kappa shape index (κ1) is 16.7. The largest absolute Gasteiger partial charge is 0.415 e. The molecule has 0 N–H and O–H groups in total. The monoisotopic (exact) mass is 356 g/mol. The molecule has 4 aromatic rings. The fraction of sp³-hybridized carbons (Fsp3) is 0.0455. The molecule has 0 amide bonds. The zero-order valence-electron chi connectivity index (χ0n) is 14.6. The number of aromatic nitrogens is 2. The van der Waals surface area contributed by atoms with Gasteiger partial charge in [0.1, 0.15) is 11.3 Å². The summed E-state index contributed by atoms with van der Waals surface area (Å²) in [5.74, 6) is -0.683. The van der Waals surface area contributed by atoms with Crippen LogP contribution in [0.2, 0.25) is 0 Å². The average molecular weight is 356 g/mol. The summed E-state index contributed by atoms with van der Waals surface area (Å²) in [7, 11) is 0. The summed E-state index contributed by atoms with van der Waals surface area (Å²) in [4.78, 5) is 30.1. The highest BCUT2D eigenvalue weighted by Crippen LogP contribution is 2.26. The molecular formula is C22H16N2O3. The Morgan fingerprint density at radius 2 is 1.63 bits per heavy atom. The highest BCUT2D eigenvalue weighted by molar-refractivity contribution is 5.92. The molecule has 0 saturated carbocycles. The molecule has 0 fully saturated rings. The van der Waals surface area contributed by atoms with Gasteiger partial charge < -0.3 is 4.74 Å². The Morgan fingerprint density at radius 1 is 0.926 bits per heavy atom. The van der Waals surface area contributed by atoms with Crippen LogP contribution in [0.1, 0.15) is 15.9 Å². The van der Waals surface area contributed by atoms with Gasteiger partial charge in [0, 0.05) is 11.8 Å². The van der Waals surface area contributed by atoms with Crippen molar-refractivity contribution in [3.05, 3.63) is 100 Å². The molecule has 27 heavy (non-hydrogen) atoms. The van der Waals surface area contributed by atoms with Crippen LogP contribution in [0.25, 0.3) is 16.9 Å². The summed E-state index contributed by atoms with van der Waals surface area (Å²) < 4.78 is 6.90. The van der Waals surface area contributed by atoms with Crippen LogP contribution in [-0.2, 0) is 0 Å². The number of esters is 1. The summed E-state index contributed by atoms with van der Waals surface area (Å²) >= 11 is 0. The topological polar surface area (TPSA) is 60.7 Å². The molecule has 0 saturated heterocycles. The zero-order valence-corrected chi connectivity index (χ0v) is 14.6. The molecule has 2 aromatic heterocycles. The minimum atomic E-state index is -0.595. The number of pyridine rings is 1. The van der Waals surface area contributed by atoms with E-state index < -0.39 is 11.5 Å². The van der Waals surface area contributed by atoms with Crippen molar-refractivity contribution in [2.45, 2.75) is 6.92 Å². The van der Waals surface area contributed by atoms with E-state index in [-0.39, 0.29) is 5.75 Å². The summed E-state index contributed by atoms with van der Waals surface area (Å²) in [6, 6.07) is 21.4. The van der Waals surface area contributed by atoms with Crippen LogP contribution >= 0.6 is 0 Å². The number of fused-ring (bicyclic) bond motifs is 1. The number of nitrogens with zero attached hydrogens (tertiary/aromatic N) is 2. The third-order valence-electron chi connectivity index (χ3n) is 4.22. The Morgan fingerprint density at radius 3 is 2.37 bits per heavy atom. The molecular weight excluding hydrogens is 340 g/mol. The predicted molar refractivity (Wildman–Crippen MR) is 103 cm³/mol. The maximum atomic E-state index is 13.0. The summed E-state index contributed by atoms with van der Waals surface area (Å²) in [6.45, 7) is 1.93. The molecule has 4 rings (SSSR count). The number of rotatable bonds is 3. The third-order valence-corrected chi connectivity index (χ3v) is 4.22. The standard InChI is InChI=1S/C22H16N2O3/c1-15-10-12-17(13-11-15)22(26)27-20-19(16-7-3-2-4-8-16)23-18-9-5-6-14-24(18)21(20)25/h2-14H,1H3. The minimum Gasteiger partial charge on any atom is -0.415 e. The van der Waals surface area contributed by atoms with Crippen LogP contribution in [-0.4, -0.2) is 15.4 Å². The molecule has 2 aromatic carbocycles. The smallest absolute Gasteiger partial charge is 0.343 e. The fourth-order valence-corrected chi connectivity index (χ4v) is 2.80. The molecule has 132 valence electrons. The second kappa shape index (κ2) is 6.88. The molecule has 2 heterocycles. The summed E-state index contributed by atoms with van der Waals surface area (Å²) in [5, 5.41) is 0. The van der Waals surface area contributed by atoms with Crippen molar-refractivity contribution < 1.29 is 9.53 Å². The van der Waals surface area contributed by atoms with Gasteiger partial charge in [0.15, 0.2) is 0 Å². The zero-order chi connectivity index (χ0) is 18.8. The molecule has 0 unspecified atom stereocenters. The number of ether oxygens (including phenoxy) is 1. The van der Waals surface area contributed by atoms with E-state index in [0.717, 1.165) is 5.56 Å². The normalized spacial score (nSPS) is 10.7. The molecule has 5 nitrogen and oxygen atoms in total. The second-order valence-corrected chi connectivity index (χ2v) is 6.15. The van der Waals surface area contributed by atoms with Gasteiger partial charge in [-0.3, -0.25) is 9.20 Å². The van der Waals surface area contributed by atoms with E-state index in [9.17, 15) is 9.59 Å². The lowest BCUT2D eigenvalue weighted by Crippen LogP contribution is -2.22. The lowest BCUT2D eigenvalue weighted by atomic mass is 10.1. The Labute approximate surface area is 155 Å². The van der Waals surface area contributed by atoms with E-state index in [0.29, 0.717) is 22.5 Å². The first-order valence-corrected chi connectivity index (χ1v) is 8.49. The average Bonchev–Trinajstić information content (AvgIpc) is 2.71. The summed E-state index contributed by atoms with van der Waals surface area (Å²) in [5.41, 5.74) is 2.50. The Kier molecular flexibility index (Phi) is 4.26. The van der Waals surface area contributed by atoms with Crippen molar-refractivity contribution in [2.75, 3.05) is 0 Å². The molecule has 0 atom stereocenters. The Bertz CT molecular complexity index is 1180. The molecule has 0 spiro atoms. The van der Waals surface area contributed by atoms with E-state index in [1.165, 1.54) is 4.40 Å². The van der Waals surface area contributed by atoms with Crippen LogP contribution < -0.4 is 10.3 Å². The van der Waals surface area contributed by atoms with Gasteiger partial charge in [0.05, 0.1) is 5.56 Å². The van der Waals surface area contributed by atoms with Gasteiger partial charge in [-0.15, -0.1) is 0 Å². The predicted octanol–water partition coefficient (Wildman–Crippen LogP) is 3.89. The van der Waals surface area contributed by atoms with Gasteiger partial charge in [-0.25, -0.2) is 9.78 Å². The van der Waals surface area contributed by atoms with Crippen molar-refractivity contribution in [2.24, 2.45) is 0 Å². The fourth-order valence-electron chi connectivity index (χ4n) is 2.80. The molecule has 0 aliphatic heterocycles. The Hall–Kier alpha value is -3.73. The number of hydrogen-bond donors (Lipinski definition) is 0. The lowest BCUT2D eigenvalue weighted by Gasteiger charge is -2.11.